The van der Waals surface area contributed by atoms with E-state index >= 15 is 0 Å². The van der Waals surface area contributed by atoms with Crippen molar-refractivity contribution in [3.8, 4) is 22.6 Å². The maximum atomic E-state index is 13.4. The van der Waals surface area contributed by atoms with Crippen LogP contribution in [-0.4, -0.2) is 73.5 Å². The Hall–Kier alpha value is -4.34. The van der Waals surface area contributed by atoms with Crippen molar-refractivity contribution in [2.75, 3.05) is 57.7 Å². The predicted octanol–water partition coefficient (Wildman–Crippen LogP) is 6.18. The smallest absolute Gasteiger partial charge is 0.279 e. The van der Waals surface area contributed by atoms with Crippen molar-refractivity contribution in [1.82, 2.24) is 9.78 Å². The molecule has 0 unspecified atom stereocenters. The van der Waals surface area contributed by atoms with Crippen LogP contribution in [0.5, 0.6) is 11.5 Å². The second kappa shape index (κ2) is 14.2. The summed E-state index contributed by atoms with van der Waals surface area (Å²) in [6.45, 7) is 4.38. The van der Waals surface area contributed by atoms with E-state index in [0.29, 0.717) is 60.9 Å². The number of carbonyl (C=O) groups excluding carboxylic acids is 2. The van der Waals surface area contributed by atoms with Gasteiger partial charge in [0.1, 0.15) is 5.75 Å². The van der Waals surface area contributed by atoms with Gasteiger partial charge in [0.25, 0.3) is 5.91 Å². The number of fused-ring (bicyclic) bond motifs is 1. The Morgan fingerprint density at radius 3 is 2.71 bits per heavy atom. The molecule has 1 aliphatic rings. The van der Waals surface area contributed by atoms with Crippen molar-refractivity contribution in [2.24, 2.45) is 0 Å². The molecular formula is C35H41ClN5O4+. The van der Waals surface area contributed by atoms with Crippen LogP contribution in [0.1, 0.15) is 30.4 Å². The summed E-state index contributed by atoms with van der Waals surface area (Å²) in [5.74, 6) is 1.44. The van der Waals surface area contributed by atoms with Gasteiger partial charge in [0, 0.05) is 46.6 Å². The van der Waals surface area contributed by atoms with E-state index in [1.807, 2.05) is 111 Å². The fourth-order valence-electron chi connectivity index (χ4n) is 5.33. The lowest BCUT2D eigenvalue weighted by molar-refractivity contribution is -0.861. The number of nitrogens with zero attached hydrogens (tertiary/aromatic N) is 4. The summed E-state index contributed by atoms with van der Waals surface area (Å²) < 4.78 is 14.6. The average molecular weight is 631 g/mol. The monoisotopic (exact) mass is 630 g/mol. The zero-order valence-electron chi connectivity index (χ0n) is 26.4. The highest BCUT2D eigenvalue weighted by Crippen LogP contribution is 2.40. The predicted molar refractivity (Wildman–Crippen MR) is 178 cm³/mol. The Labute approximate surface area is 269 Å². The van der Waals surface area contributed by atoms with Crippen molar-refractivity contribution in [2.45, 2.75) is 32.7 Å². The molecule has 1 aliphatic heterocycles. The molecule has 0 spiro atoms. The minimum Gasteiger partial charge on any atom is -0.493 e. The third-order valence-corrected chi connectivity index (χ3v) is 7.90. The van der Waals surface area contributed by atoms with Gasteiger partial charge in [-0.3, -0.25) is 14.3 Å². The van der Waals surface area contributed by atoms with Crippen molar-refractivity contribution in [3.05, 3.63) is 89.2 Å². The molecule has 0 fully saturated rings. The highest BCUT2D eigenvalue weighted by Gasteiger charge is 2.25. The third-order valence-electron chi connectivity index (χ3n) is 7.49. The Balaban J connectivity index is 1.25. The number of para-hydroxylation sites is 1. The minimum absolute atomic E-state index is 0.0284. The second-order valence-corrected chi connectivity index (χ2v) is 12.7. The Morgan fingerprint density at radius 1 is 1.09 bits per heavy atom. The molecular weight excluding hydrogens is 590 g/mol. The number of anilines is 2. The lowest BCUT2D eigenvalue weighted by atomic mass is 10.1. The lowest BCUT2D eigenvalue weighted by Gasteiger charge is -2.23. The summed E-state index contributed by atoms with van der Waals surface area (Å²) in [4.78, 5) is 27.7. The SMILES string of the molecule is Cc1c(Cl)cccc1OCCCC(=O)N1CCCOc2c(-c3cnn(Cc4cccc(NC(=O)C[N+](C)(C)C)c4)c3)cccc21. The van der Waals surface area contributed by atoms with Gasteiger partial charge in [0.2, 0.25) is 5.91 Å². The van der Waals surface area contributed by atoms with Gasteiger partial charge in [-0.15, -0.1) is 0 Å². The topological polar surface area (TPSA) is 85.7 Å². The van der Waals surface area contributed by atoms with Crippen LogP contribution < -0.4 is 19.7 Å². The van der Waals surface area contributed by atoms with Crippen LogP contribution in [0.25, 0.3) is 11.1 Å². The largest absolute Gasteiger partial charge is 0.493 e. The molecule has 4 aromatic rings. The van der Waals surface area contributed by atoms with E-state index in [2.05, 4.69) is 10.4 Å². The van der Waals surface area contributed by atoms with Crippen LogP contribution in [-0.2, 0) is 16.1 Å². The number of likely N-dealkylation sites (N-methyl/N-ethyl adjacent to an activating group) is 1. The molecule has 0 aliphatic carbocycles. The number of hydrogen-bond acceptors (Lipinski definition) is 5. The quantitative estimate of drug-likeness (QED) is 0.158. The van der Waals surface area contributed by atoms with Crippen LogP contribution in [0.3, 0.4) is 0 Å². The van der Waals surface area contributed by atoms with Crippen LogP contribution >= 0.6 is 11.6 Å². The van der Waals surface area contributed by atoms with Gasteiger partial charge in [0.05, 0.1) is 52.8 Å². The number of amides is 2. The average Bonchev–Trinajstić information content (AvgIpc) is 3.33. The van der Waals surface area contributed by atoms with Crippen molar-refractivity contribution >= 4 is 34.8 Å². The number of halogens is 1. The second-order valence-electron chi connectivity index (χ2n) is 12.3. The molecule has 0 saturated carbocycles. The summed E-state index contributed by atoms with van der Waals surface area (Å²) in [6, 6.07) is 19.3. The summed E-state index contributed by atoms with van der Waals surface area (Å²) in [5, 5.41) is 8.26. The Morgan fingerprint density at radius 2 is 1.89 bits per heavy atom. The molecule has 10 heteroatoms. The number of aromatic nitrogens is 2. The third kappa shape index (κ3) is 8.44. The van der Waals surface area contributed by atoms with Gasteiger partial charge in [-0.25, -0.2) is 0 Å². The molecule has 236 valence electrons. The van der Waals surface area contributed by atoms with Crippen LogP contribution in [0.4, 0.5) is 11.4 Å². The number of nitrogens with one attached hydrogen (secondary N) is 1. The van der Waals surface area contributed by atoms with E-state index in [1.54, 1.807) is 0 Å². The Bertz CT molecular complexity index is 1660. The van der Waals surface area contributed by atoms with Gasteiger partial charge < -0.3 is 24.2 Å². The number of ether oxygens (including phenoxy) is 2. The molecule has 3 aromatic carbocycles. The Kier molecular flexibility index (Phi) is 10.1. The molecule has 1 N–H and O–H groups in total. The molecule has 0 radical (unpaired) electrons. The molecule has 2 amide bonds. The van der Waals surface area contributed by atoms with E-state index in [4.69, 9.17) is 21.1 Å². The maximum Gasteiger partial charge on any atom is 0.279 e. The maximum absolute atomic E-state index is 13.4. The van der Waals surface area contributed by atoms with Gasteiger partial charge in [-0.2, -0.15) is 5.10 Å². The molecule has 2 heterocycles. The lowest BCUT2D eigenvalue weighted by Crippen LogP contribution is -2.41. The summed E-state index contributed by atoms with van der Waals surface area (Å²) in [6.07, 6.45) is 5.48. The number of rotatable bonds is 11. The van der Waals surface area contributed by atoms with Crippen LogP contribution in [0.15, 0.2) is 73.1 Å². The first-order valence-electron chi connectivity index (χ1n) is 15.2. The van der Waals surface area contributed by atoms with Gasteiger partial charge in [-0.05, 0) is 55.7 Å². The van der Waals surface area contributed by atoms with Gasteiger partial charge in [0.15, 0.2) is 12.3 Å². The van der Waals surface area contributed by atoms with Crippen molar-refractivity contribution in [1.29, 1.82) is 0 Å². The summed E-state index contributed by atoms with van der Waals surface area (Å²) in [5.41, 5.74) is 5.23. The van der Waals surface area contributed by atoms with E-state index in [9.17, 15) is 9.59 Å². The number of benzene rings is 3. The highest BCUT2D eigenvalue weighted by molar-refractivity contribution is 6.31. The molecule has 0 bridgehead atoms. The van der Waals surface area contributed by atoms with Gasteiger partial charge >= 0.3 is 0 Å². The number of quaternary nitrogens is 1. The first-order chi connectivity index (χ1) is 21.6. The number of hydrogen-bond donors (Lipinski definition) is 1. The minimum atomic E-state index is -0.0284. The van der Waals surface area contributed by atoms with E-state index in [0.717, 1.165) is 45.8 Å². The zero-order valence-corrected chi connectivity index (χ0v) is 27.1. The van der Waals surface area contributed by atoms with Gasteiger partial charge in [-0.1, -0.05) is 41.9 Å². The molecule has 1 aromatic heterocycles. The van der Waals surface area contributed by atoms with E-state index in [1.165, 1.54) is 0 Å². The zero-order chi connectivity index (χ0) is 32.0. The highest BCUT2D eigenvalue weighted by atomic mass is 35.5. The normalized spacial score (nSPS) is 13.0. The molecule has 5 rings (SSSR count). The van der Waals surface area contributed by atoms with Crippen molar-refractivity contribution < 1.29 is 23.5 Å². The van der Waals surface area contributed by atoms with Crippen LogP contribution in [0.2, 0.25) is 5.02 Å². The summed E-state index contributed by atoms with van der Waals surface area (Å²) >= 11 is 6.20. The number of carbonyl (C=O) groups is 2. The van der Waals surface area contributed by atoms with Crippen LogP contribution in [0, 0.1) is 6.92 Å². The fraction of sp³-hybridized carbons (Fsp3) is 0.343. The molecule has 0 saturated heterocycles. The first-order valence-corrected chi connectivity index (χ1v) is 15.6. The standard InChI is InChI=1S/C35H40ClN5O4/c1-25-30(36)13-7-15-32(25)44-18-8-16-34(43)40-17-9-19-45-35-29(12-6-14-31(35)40)27-21-37-39(23-27)22-26-10-5-11-28(20-26)38-33(42)24-41(2,3)4/h5-7,10-15,20-21,23H,8-9,16-19,22,24H2,1-4H3/p+1. The molecule has 45 heavy (non-hydrogen) atoms. The first kappa shape index (κ1) is 32.1. The summed E-state index contributed by atoms with van der Waals surface area (Å²) in [7, 11) is 5.95. The fourth-order valence-corrected chi connectivity index (χ4v) is 5.50. The molecule has 9 nitrogen and oxygen atoms in total. The van der Waals surface area contributed by atoms with E-state index < -0.39 is 0 Å². The van der Waals surface area contributed by atoms with Crippen molar-refractivity contribution in [3.63, 3.8) is 0 Å². The van der Waals surface area contributed by atoms with E-state index in [-0.39, 0.29) is 11.8 Å². The molecule has 0 atom stereocenters.